The predicted molar refractivity (Wildman–Crippen MR) is 97.9 cm³/mol. The molecule has 0 aliphatic rings. The van der Waals surface area contributed by atoms with E-state index in [4.69, 9.17) is 0 Å². The highest BCUT2D eigenvalue weighted by Gasteiger charge is 2.18. The lowest BCUT2D eigenvalue weighted by atomic mass is 9.84. The normalized spacial score (nSPS) is 14.0. The Bertz CT molecular complexity index is 224. The van der Waals surface area contributed by atoms with Gasteiger partial charge in [0.15, 0.2) is 0 Å². The summed E-state index contributed by atoms with van der Waals surface area (Å²) in [6.07, 6.45) is 18.8. The Morgan fingerprint density at radius 2 is 1.33 bits per heavy atom. The van der Waals surface area contributed by atoms with Crippen LogP contribution >= 0.6 is 0 Å². The topological polar surface area (TPSA) is 12.0 Å². The average molecular weight is 296 g/mol. The first kappa shape index (κ1) is 20.7. The Balaban J connectivity index is 3.44. The lowest BCUT2D eigenvalue weighted by Crippen LogP contribution is -2.30. The van der Waals surface area contributed by atoms with Gasteiger partial charge in [0.05, 0.1) is 0 Å². The minimum atomic E-state index is 0.287. The molecule has 1 N–H and O–H groups in total. The highest BCUT2D eigenvalue weighted by atomic mass is 14.9. The van der Waals surface area contributed by atoms with E-state index in [0.29, 0.717) is 0 Å². The molecule has 1 heteroatoms. The second kappa shape index (κ2) is 14.6. The van der Waals surface area contributed by atoms with E-state index in [-0.39, 0.29) is 5.41 Å². The predicted octanol–water partition coefficient (Wildman–Crippen LogP) is 6.49. The molecule has 0 aromatic carbocycles. The van der Waals surface area contributed by atoms with Gasteiger partial charge in [-0.2, -0.15) is 0 Å². The molecule has 0 aromatic heterocycles. The molecule has 0 saturated heterocycles. The molecule has 1 atom stereocenters. The molecule has 0 bridgehead atoms. The molecule has 0 aliphatic heterocycles. The van der Waals surface area contributed by atoms with Gasteiger partial charge in [0.1, 0.15) is 0 Å². The van der Waals surface area contributed by atoms with Gasteiger partial charge in [-0.1, -0.05) is 91.1 Å². The third kappa shape index (κ3) is 13.1. The van der Waals surface area contributed by atoms with E-state index >= 15 is 0 Å². The van der Waals surface area contributed by atoms with Crippen LogP contribution in [0, 0.1) is 5.41 Å². The number of hydrogen-bond donors (Lipinski definition) is 1. The van der Waals surface area contributed by atoms with Crippen LogP contribution in [-0.4, -0.2) is 13.1 Å². The van der Waals surface area contributed by atoms with Crippen LogP contribution in [-0.2, 0) is 0 Å². The van der Waals surface area contributed by atoms with Gasteiger partial charge < -0.3 is 5.32 Å². The smallest absolute Gasteiger partial charge is 0.00397 e. The largest absolute Gasteiger partial charge is 0.316 e. The van der Waals surface area contributed by atoms with E-state index in [9.17, 15) is 0 Å². The summed E-state index contributed by atoms with van der Waals surface area (Å²) >= 11 is 0. The van der Waals surface area contributed by atoms with Crippen molar-refractivity contribution < 1.29 is 0 Å². The number of unbranched alkanes of at least 4 members (excludes halogenated alkanes) is 9. The number of hydrogen-bond acceptors (Lipinski definition) is 1. The molecular weight excluding hydrogens is 254 g/mol. The summed E-state index contributed by atoms with van der Waals surface area (Å²) in [6, 6.07) is 0. The molecule has 0 amide bonds. The molecule has 1 nitrogen and oxygen atoms in total. The first-order valence-electron chi connectivity index (χ1n) is 9.53. The molecule has 0 saturated carbocycles. The van der Waals surface area contributed by atoms with Crippen molar-refractivity contribution in [3.63, 3.8) is 0 Å². The lowest BCUT2D eigenvalue weighted by Gasteiger charge is -2.26. The zero-order chi connectivity index (χ0) is 15.8. The summed E-state index contributed by atoms with van der Waals surface area (Å²) in [6.45, 7) is 13.1. The van der Waals surface area contributed by atoms with E-state index in [1.54, 1.807) is 0 Å². The van der Waals surface area contributed by atoms with Gasteiger partial charge in [-0.15, -0.1) is 6.58 Å². The monoisotopic (exact) mass is 295 g/mol. The summed E-state index contributed by atoms with van der Waals surface area (Å²) in [5, 5.41) is 3.54. The fourth-order valence-corrected chi connectivity index (χ4v) is 2.83. The second-order valence-electron chi connectivity index (χ2n) is 6.97. The Hall–Kier alpha value is -0.300. The van der Waals surface area contributed by atoms with Crippen molar-refractivity contribution in [2.24, 2.45) is 5.41 Å². The van der Waals surface area contributed by atoms with Gasteiger partial charge in [-0.05, 0) is 24.8 Å². The molecule has 0 heterocycles. The fourth-order valence-electron chi connectivity index (χ4n) is 2.83. The van der Waals surface area contributed by atoms with Crippen molar-refractivity contribution in [1.29, 1.82) is 0 Å². The second-order valence-corrected chi connectivity index (χ2v) is 6.97. The van der Waals surface area contributed by atoms with Crippen LogP contribution in [0.15, 0.2) is 12.7 Å². The molecule has 0 fully saturated rings. The first-order valence-corrected chi connectivity index (χ1v) is 9.53. The molecule has 126 valence electrons. The highest BCUT2D eigenvalue weighted by Crippen LogP contribution is 2.25. The molecule has 0 radical (unpaired) electrons. The van der Waals surface area contributed by atoms with Crippen LogP contribution in [0.25, 0.3) is 0 Å². The van der Waals surface area contributed by atoms with Crippen molar-refractivity contribution in [1.82, 2.24) is 5.32 Å². The van der Waals surface area contributed by atoms with Crippen LogP contribution in [0.4, 0.5) is 0 Å². The molecule has 0 spiro atoms. The number of nitrogens with one attached hydrogen (secondary N) is 1. The van der Waals surface area contributed by atoms with Crippen LogP contribution in [0.5, 0.6) is 0 Å². The summed E-state index contributed by atoms with van der Waals surface area (Å²) in [5.74, 6) is 0. The minimum absolute atomic E-state index is 0.287. The average Bonchev–Trinajstić information content (AvgIpc) is 2.49. The molecule has 21 heavy (non-hydrogen) atoms. The van der Waals surface area contributed by atoms with Crippen LogP contribution < -0.4 is 5.32 Å². The lowest BCUT2D eigenvalue weighted by molar-refractivity contribution is 0.347. The standard InChI is InChI=1S/C20H41N/c1-5-8-9-10-11-12-13-14-15-16-17-20(4,7-3)19-21-18-6-2/h7,21H,3,5-6,8-19H2,1-2,4H3. The van der Waals surface area contributed by atoms with E-state index in [2.05, 4.69) is 38.7 Å². The van der Waals surface area contributed by atoms with Crippen molar-refractivity contribution >= 4 is 0 Å². The van der Waals surface area contributed by atoms with E-state index in [1.807, 2.05) is 0 Å². The third-order valence-corrected chi connectivity index (χ3v) is 4.55. The maximum atomic E-state index is 4.04. The van der Waals surface area contributed by atoms with Crippen molar-refractivity contribution in [2.75, 3.05) is 13.1 Å². The maximum Gasteiger partial charge on any atom is 0.00397 e. The first-order chi connectivity index (χ1) is 10.2. The van der Waals surface area contributed by atoms with Gasteiger partial charge in [0.25, 0.3) is 0 Å². The quantitative estimate of drug-likeness (QED) is 0.253. The summed E-state index contributed by atoms with van der Waals surface area (Å²) < 4.78 is 0. The molecule has 0 aromatic rings. The maximum absolute atomic E-state index is 4.04. The zero-order valence-electron chi connectivity index (χ0n) is 15.2. The van der Waals surface area contributed by atoms with Crippen molar-refractivity contribution in [3.05, 3.63) is 12.7 Å². The zero-order valence-corrected chi connectivity index (χ0v) is 15.2. The SMILES string of the molecule is C=CC(C)(CCCCCCCCCCCC)CNCCC. The van der Waals surface area contributed by atoms with Gasteiger partial charge in [0.2, 0.25) is 0 Å². The molecule has 0 aliphatic carbocycles. The molecular formula is C20H41N. The number of rotatable bonds is 16. The Labute approximate surface area is 135 Å². The molecule has 1 unspecified atom stereocenters. The third-order valence-electron chi connectivity index (χ3n) is 4.55. The van der Waals surface area contributed by atoms with Crippen molar-refractivity contribution in [3.8, 4) is 0 Å². The van der Waals surface area contributed by atoms with E-state index in [1.165, 1.54) is 77.0 Å². The van der Waals surface area contributed by atoms with Gasteiger partial charge in [-0.3, -0.25) is 0 Å². The van der Waals surface area contributed by atoms with E-state index < -0.39 is 0 Å². The van der Waals surface area contributed by atoms with Gasteiger partial charge in [0, 0.05) is 6.54 Å². The Morgan fingerprint density at radius 3 is 1.81 bits per heavy atom. The summed E-state index contributed by atoms with van der Waals surface area (Å²) in [7, 11) is 0. The molecule has 0 rings (SSSR count). The Kier molecular flexibility index (Phi) is 14.4. The van der Waals surface area contributed by atoms with Gasteiger partial charge in [-0.25, -0.2) is 0 Å². The summed E-state index contributed by atoms with van der Waals surface area (Å²) in [5.41, 5.74) is 0.287. The highest BCUT2D eigenvalue weighted by molar-refractivity contribution is 4.92. The van der Waals surface area contributed by atoms with Crippen LogP contribution in [0.1, 0.15) is 97.8 Å². The summed E-state index contributed by atoms with van der Waals surface area (Å²) in [4.78, 5) is 0. The van der Waals surface area contributed by atoms with Gasteiger partial charge >= 0.3 is 0 Å². The van der Waals surface area contributed by atoms with Crippen LogP contribution in [0.2, 0.25) is 0 Å². The fraction of sp³-hybridized carbons (Fsp3) is 0.900. The minimum Gasteiger partial charge on any atom is -0.316 e. The van der Waals surface area contributed by atoms with E-state index in [0.717, 1.165) is 13.1 Å². The van der Waals surface area contributed by atoms with Crippen LogP contribution in [0.3, 0.4) is 0 Å². The Morgan fingerprint density at radius 1 is 0.810 bits per heavy atom. The van der Waals surface area contributed by atoms with Crippen molar-refractivity contribution in [2.45, 2.75) is 97.8 Å².